The van der Waals surface area contributed by atoms with Gasteiger partial charge in [0, 0.05) is 12.6 Å². The van der Waals surface area contributed by atoms with E-state index in [0.29, 0.717) is 11.7 Å². The van der Waals surface area contributed by atoms with E-state index in [1.807, 2.05) is 14.0 Å². The number of benzene rings is 1. The molecule has 5 heteroatoms. The van der Waals surface area contributed by atoms with Crippen molar-refractivity contribution in [3.05, 3.63) is 46.6 Å². The maximum Gasteiger partial charge on any atom is 0.235 e. The van der Waals surface area contributed by atoms with E-state index in [1.165, 1.54) is 11.1 Å². The first-order valence-corrected chi connectivity index (χ1v) is 8.57. The average molecular weight is 315 g/mol. The molecule has 0 aliphatic carbocycles. The molecule has 22 heavy (non-hydrogen) atoms. The molecule has 4 nitrogen and oxygen atoms in total. The van der Waals surface area contributed by atoms with E-state index >= 15 is 0 Å². The molecule has 0 fully saturated rings. The van der Waals surface area contributed by atoms with Crippen LogP contribution in [0.25, 0.3) is 0 Å². The zero-order valence-electron chi connectivity index (χ0n) is 13.4. The Morgan fingerprint density at radius 2 is 2.00 bits per heavy atom. The van der Waals surface area contributed by atoms with Crippen LogP contribution >= 0.6 is 11.8 Å². The summed E-state index contributed by atoms with van der Waals surface area (Å²) >= 11 is 1.66. The quantitative estimate of drug-likeness (QED) is 0.920. The Bertz CT molecular complexity index is 703. The van der Waals surface area contributed by atoms with E-state index in [-0.39, 0.29) is 11.2 Å². The number of amides is 1. The molecular formula is C17H21N3OS. The number of carbonyl (C=O) groups is 1. The number of hydrogen-bond donors (Lipinski definition) is 1. The molecule has 0 saturated carbocycles. The molecule has 0 bridgehead atoms. The minimum Gasteiger partial charge on any atom is -0.310 e. The third-order valence-corrected chi connectivity index (χ3v) is 5.35. The third-order valence-electron chi connectivity index (χ3n) is 4.08. The molecule has 1 aliphatic rings. The molecule has 1 N–H and O–H groups in total. The average Bonchev–Trinajstić information content (AvgIpc) is 2.66. The number of nitrogens with zero attached hydrogens (tertiary/aromatic N) is 2. The Labute approximate surface area is 135 Å². The Hall–Kier alpha value is -1.75. The molecule has 116 valence electrons. The molecule has 1 aliphatic heterocycles. The van der Waals surface area contributed by atoms with Crippen LogP contribution < -0.4 is 5.32 Å². The molecule has 1 aromatic heterocycles. The second-order valence-corrected chi connectivity index (χ2v) is 7.13. The summed E-state index contributed by atoms with van der Waals surface area (Å²) in [5.41, 5.74) is 4.66. The number of anilines is 1. The lowest BCUT2D eigenvalue weighted by Gasteiger charge is -2.16. The monoisotopic (exact) mass is 315 g/mol. The summed E-state index contributed by atoms with van der Waals surface area (Å²) in [5.74, 6) is 1.85. The van der Waals surface area contributed by atoms with E-state index in [9.17, 15) is 4.79 Å². The highest BCUT2D eigenvalue weighted by Crippen LogP contribution is 2.43. The van der Waals surface area contributed by atoms with Crippen LogP contribution in [0, 0.1) is 6.92 Å². The van der Waals surface area contributed by atoms with Gasteiger partial charge in [-0.3, -0.25) is 9.48 Å². The van der Waals surface area contributed by atoms with E-state index < -0.39 is 0 Å². The summed E-state index contributed by atoms with van der Waals surface area (Å²) in [6.45, 7) is 6.40. The van der Waals surface area contributed by atoms with Crippen molar-refractivity contribution in [1.82, 2.24) is 9.78 Å². The fourth-order valence-corrected chi connectivity index (χ4v) is 4.05. The summed E-state index contributed by atoms with van der Waals surface area (Å²) in [6.07, 6.45) is 0. The number of aromatic nitrogens is 2. The Morgan fingerprint density at radius 1 is 1.32 bits per heavy atom. The molecule has 1 aromatic carbocycles. The van der Waals surface area contributed by atoms with Crippen molar-refractivity contribution >= 4 is 23.5 Å². The zero-order chi connectivity index (χ0) is 15.9. The first-order chi connectivity index (χ1) is 10.5. The highest BCUT2D eigenvalue weighted by atomic mass is 32.2. The molecule has 0 spiro atoms. The van der Waals surface area contributed by atoms with Crippen LogP contribution in [0.2, 0.25) is 0 Å². The van der Waals surface area contributed by atoms with Gasteiger partial charge < -0.3 is 5.32 Å². The number of thioether (sulfide) groups is 1. The lowest BCUT2D eigenvalue weighted by molar-refractivity contribution is -0.113. The molecule has 3 rings (SSSR count). The van der Waals surface area contributed by atoms with E-state index in [2.05, 4.69) is 48.5 Å². The number of nitrogens with one attached hydrogen (secondary N) is 1. The lowest BCUT2D eigenvalue weighted by atomic mass is 9.98. The van der Waals surface area contributed by atoms with Crippen molar-refractivity contribution in [2.75, 3.05) is 11.1 Å². The fraction of sp³-hybridized carbons (Fsp3) is 0.412. The largest absolute Gasteiger partial charge is 0.310 e. The molecule has 2 heterocycles. The first-order valence-electron chi connectivity index (χ1n) is 7.52. The lowest BCUT2D eigenvalue weighted by Crippen LogP contribution is -2.15. The summed E-state index contributed by atoms with van der Waals surface area (Å²) in [4.78, 5) is 12.0. The van der Waals surface area contributed by atoms with E-state index in [0.717, 1.165) is 17.1 Å². The standard InChI is InChI=1S/C17H21N3OS/c1-10(2)12-5-7-13(8-6-12)16-15-11(3)19-20(4)17(15)18-14(21)9-22-16/h5-8,10,16H,9H2,1-4H3,(H,18,21)/t16-/m1/s1. The topological polar surface area (TPSA) is 46.9 Å². The number of aryl methyl sites for hydroxylation is 2. The number of hydrogen-bond acceptors (Lipinski definition) is 3. The van der Waals surface area contributed by atoms with Gasteiger partial charge in [0.1, 0.15) is 5.82 Å². The Kier molecular flexibility index (Phi) is 4.00. The predicted octanol–water partition coefficient (Wildman–Crippen LogP) is 3.63. The SMILES string of the molecule is Cc1nn(C)c2c1[C@@H](c1ccc(C(C)C)cc1)SCC(=O)N2. The smallest absolute Gasteiger partial charge is 0.235 e. The Morgan fingerprint density at radius 3 is 2.64 bits per heavy atom. The number of fused-ring (bicyclic) bond motifs is 1. The highest BCUT2D eigenvalue weighted by molar-refractivity contribution is 8.00. The van der Waals surface area contributed by atoms with E-state index in [4.69, 9.17) is 0 Å². The first kappa shape index (κ1) is 15.2. The van der Waals surface area contributed by atoms with Gasteiger partial charge >= 0.3 is 0 Å². The van der Waals surface area contributed by atoms with Gasteiger partial charge in [-0.1, -0.05) is 38.1 Å². The van der Waals surface area contributed by atoms with Crippen molar-refractivity contribution in [3.63, 3.8) is 0 Å². The molecule has 1 amide bonds. The second kappa shape index (κ2) is 5.80. The maximum atomic E-state index is 12.0. The Balaban J connectivity index is 2.05. The van der Waals surface area contributed by atoms with Gasteiger partial charge in [-0.25, -0.2) is 0 Å². The minimum absolute atomic E-state index is 0.0375. The van der Waals surface area contributed by atoms with Crippen molar-refractivity contribution in [2.45, 2.75) is 31.9 Å². The van der Waals surface area contributed by atoms with Gasteiger partial charge in [0.25, 0.3) is 0 Å². The van der Waals surface area contributed by atoms with Crippen LogP contribution in [0.4, 0.5) is 5.82 Å². The van der Waals surface area contributed by atoms with Gasteiger partial charge in [-0.15, -0.1) is 11.8 Å². The molecule has 0 radical (unpaired) electrons. The van der Waals surface area contributed by atoms with Gasteiger partial charge in [0.15, 0.2) is 0 Å². The van der Waals surface area contributed by atoms with Crippen LogP contribution in [0.3, 0.4) is 0 Å². The molecule has 0 saturated heterocycles. The zero-order valence-corrected chi connectivity index (χ0v) is 14.2. The molecule has 1 atom stereocenters. The van der Waals surface area contributed by atoms with Gasteiger partial charge in [-0.2, -0.15) is 5.10 Å². The fourth-order valence-electron chi connectivity index (χ4n) is 2.87. The predicted molar refractivity (Wildman–Crippen MR) is 91.4 cm³/mol. The summed E-state index contributed by atoms with van der Waals surface area (Å²) < 4.78 is 1.77. The number of rotatable bonds is 2. The van der Waals surface area contributed by atoms with Crippen molar-refractivity contribution in [2.24, 2.45) is 7.05 Å². The molecule has 0 unspecified atom stereocenters. The maximum absolute atomic E-state index is 12.0. The molecule has 2 aromatic rings. The van der Waals surface area contributed by atoms with Gasteiger partial charge in [0.05, 0.1) is 16.7 Å². The van der Waals surface area contributed by atoms with Crippen LogP contribution in [0.5, 0.6) is 0 Å². The normalized spacial score (nSPS) is 18.0. The molecular weight excluding hydrogens is 294 g/mol. The van der Waals surface area contributed by atoms with Crippen LogP contribution in [-0.4, -0.2) is 21.4 Å². The van der Waals surface area contributed by atoms with Crippen molar-refractivity contribution in [3.8, 4) is 0 Å². The third kappa shape index (κ3) is 2.65. The van der Waals surface area contributed by atoms with Gasteiger partial charge in [-0.05, 0) is 24.0 Å². The summed E-state index contributed by atoms with van der Waals surface area (Å²) in [5, 5.41) is 7.60. The minimum atomic E-state index is 0.0375. The summed E-state index contributed by atoms with van der Waals surface area (Å²) in [7, 11) is 1.88. The summed E-state index contributed by atoms with van der Waals surface area (Å²) in [6, 6.07) is 8.73. The van der Waals surface area contributed by atoms with Crippen LogP contribution in [-0.2, 0) is 11.8 Å². The second-order valence-electron chi connectivity index (χ2n) is 6.03. The van der Waals surface area contributed by atoms with E-state index in [1.54, 1.807) is 16.4 Å². The van der Waals surface area contributed by atoms with Crippen molar-refractivity contribution in [1.29, 1.82) is 0 Å². The van der Waals surface area contributed by atoms with Crippen molar-refractivity contribution < 1.29 is 4.79 Å². The number of carbonyl (C=O) groups excluding carboxylic acids is 1. The van der Waals surface area contributed by atoms with Gasteiger partial charge in [0.2, 0.25) is 5.91 Å². The van der Waals surface area contributed by atoms with Crippen LogP contribution in [0.15, 0.2) is 24.3 Å². The highest BCUT2D eigenvalue weighted by Gasteiger charge is 2.29. The van der Waals surface area contributed by atoms with Crippen LogP contribution in [0.1, 0.15) is 47.4 Å².